The van der Waals surface area contributed by atoms with Gasteiger partial charge in [-0.25, -0.2) is 8.42 Å². The van der Waals surface area contributed by atoms with Crippen LogP contribution in [0, 0.1) is 24.0 Å². The molecule has 0 aliphatic carbocycles. The number of hydrogen-bond donors (Lipinski definition) is 1. The zero-order chi connectivity index (χ0) is 25.0. The summed E-state index contributed by atoms with van der Waals surface area (Å²) in [6.07, 6.45) is 0.747. The first-order valence-corrected chi connectivity index (χ1v) is 13.1. The third-order valence-corrected chi connectivity index (χ3v) is 8.36. The number of nitro benzene ring substituents is 1. The largest absolute Gasteiger partial charge is 0.379 e. The molecule has 0 saturated carbocycles. The van der Waals surface area contributed by atoms with Gasteiger partial charge in [0.15, 0.2) is 0 Å². The average molecular weight is 495 g/mol. The van der Waals surface area contributed by atoms with Crippen molar-refractivity contribution >= 4 is 27.1 Å². The highest BCUT2D eigenvalue weighted by atomic mass is 32.2. The van der Waals surface area contributed by atoms with Crippen molar-refractivity contribution < 1.29 is 13.3 Å². The molecule has 8 nitrogen and oxygen atoms in total. The summed E-state index contributed by atoms with van der Waals surface area (Å²) < 4.78 is 27.8. The first kappa shape index (κ1) is 24.7. The van der Waals surface area contributed by atoms with Crippen LogP contribution in [0.1, 0.15) is 16.7 Å². The number of anilines is 2. The minimum Gasteiger partial charge on any atom is -0.379 e. The van der Waals surface area contributed by atoms with E-state index in [0.717, 1.165) is 28.8 Å². The van der Waals surface area contributed by atoms with Crippen LogP contribution in [0.25, 0.3) is 0 Å². The van der Waals surface area contributed by atoms with Gasteiger partial charge in [-0.05, 0) is 61.2 Å². The van der Waals surface area contributed by atoms with Gasteiger partial charge in [-0.15, -0.1) is 0 Å². The summed E-state index contributed by atoms with van der Waals surface area (Å²) in [6.45, 7) is 6.14. The maximum Gasteiger partial charge on any atom is 0.292 e. The molecule has 3 aromatic carbocycles. The van der Waals surface area contributed by atoms with Crippen molar-refractivity contribution in [2.24, 2.45) is 0 Å². The quantitative estimate of drug-likeness (QED) is 0.369. The molecule has 1 aliphatic heterocycles. The Morgan fingerprint density at radius 1 is 0.914 bits per heavy atom. The number of benzene rings is 3. The van der Waals surface area contributed by atoms with E-state index in [-0.39, 0.29) is 10.6 Å². The van der Waals surface area contributed by atoms with Gasteiger partial charge in [0.2, 0.25) is 10.0 Å². The van der Waals surface area contributed by atoms with E-state index in [9.17, 15) is 18.5 Å². The molecule has 1 fully saturated rings. The highest BCUT2D eigenvalue weighted by molar-refractivity contribution is 7.89. The van der Waals surface area contributed by atoms with E-state index >= 15 is 0 Å². The second-order valence-electron chi connectivity index (χ2n) is 8.76. The molecule has 0 aromatic heterocycles. The Labute approximate surface area is 206 Å². The SMILES string of the molecule is Cc1ccc(S(=O)(=O)N2CCN(c3ccc([N+](=O)[O-])c(NCCc4ccccc4)c3)CC2)cc1C. The van der Waals surface area contributed by atoms with Gasteiger partial charge < -0.3 is 10.2 Å². The van der Waals surface area contributed by atoms with Gasteiger partial charge in [0.1, 0.15) is 5.69 Å². The number of piperazine rings is 1. The number of rotatable bonds is 8. The third kappa shape index (κ3) is 5.63. The Bertz CT molecular complexity index is 1300. The van der Waals surface area contributed by atoms with Crippen LogP contribution < -0.4 is 10.2 Å². The zero-order valence-electron chi connectivity index (χ0n) is 20.0. The van der Waals surface area contributed by atoms with Crippen LogP contribution in [-0.2, 0) is 16.4 Å². The highest BCUT2D eigenvalue weighted by Crippen LogP contribution is 2.31. The molecule has 1 heterocycles. The molecule has 1 saturated heterocycles. The van der Waals surface area contributed by atoms with Crippen molar-refractivity contribution in [3.05, 3.63) is 93.5 Å². The Morgan fingerprint density at radius 2 is 1.63 bits per heavy atom. The number of nitro groups is 1. The van der Waals surface area contributed by atoms with Crippen LogP contribution in [0.2, 0.25) is 0 Å². The van der Waals surface area contributed by atoms with Gasteiger partial charge >= 0.3 is 0 Å². The van der Waals surface area contributed by atoms with Crippen LogP contribution in [0.5, 0.6) is 0 Å². The predicted octanol–water partition coefficient (Wildman–Crippen LogP) is 4.38. The third-order valence-electron chi connectivity index (χ3n) is 6.47. The van der Waals surface area contributed by atoms with E-state index in [1.54, 1.807) is 24.3 Å². The standard InChI is InChI=1S/C26H30N4O4S/c1-20-8-10-24(18-21(20)2)35(33,34)29-16-14-28(15-17-29)23-9-11-26(30(31)32)25(19-23)27-13-12-22-6-4-3-5-7-22/h3-11,18-19,27H,12-17H2,1-2H3. The number of hydrogen-bond acceptors (Lipinski definition) is 6. The van der Waals surface area contributed by atoms with Crippen LogP contribution in [-0.4, -0.2) is 50.4 Å². The van der Waals surface area contributed by atoms with E-state index in [2.05, 4.69) is 10.2 Å². The first-order valence-electron chi connectivity index (χ1n) is 11.6. The molecule has 0 radical (unpaired) electrons. The molecule has 0 amide bonds. The zero-order valence-corrected chi connectivity index (χ0v) is 20.8. The van der Waals surface area contributed by atoms with Gasteiger partial charge in [0.05, 0.1) is 9.82 Å². The fraction of sp³-hybridized carbons (Fsp3) is 0.308. The maximum atomic E-state index is 13.1. The highest BCUT2D eigenvalue weighted by Gasteiger charge is 2.29. The second-order valence-corrected chi connectivity index (χ2v) is 10.7. The van der Waals surface area contributed by atoms with Crippen LogP contribution in [0.4, 0.5) is 17.1 Å². The molecular formula is C26H30N4O4S. The van der Waals surface area contributed by atoms with Crippen molar-refractivity contribution in [1.82, 2.24) is 4.31 Å². The van der Waals surface area contributed by atoms with Gasteiger partial charge in [0, 0.05) is 44.5 Å². The number of sulfonamides is 1. The summed E-state index contributed by atoms with van der Waals surface area (Å²) >= 11 is 0. The lowest BCUT2D eigenvalue weighted by atomic mass is 10.1. The Morgan fingerprint density at radius 3 is 2.29 bits per heavy atom. The number of aryl methyl sites for hydroxylation is 2. The molecule has 3 aromatic rings. The minimum atomic E-state index is -3.57. The molecule has 4 rings (SSSR count). The van der Waals surface area contributed by atoms with Crippen molar-refractivity contribution in [2.45, 2.75) is 25.2 Å². The van der Waals surface area contributed by atoms with Crippen LogP contribution in [0.15, 0.2) is 71.6 Å². The monoisotopic (exact) mass is 494 g/mol. The molecule has 0 atom stereocenters. The maximum absolute atomic E-state index is 13.1. The summed E-state index contributed by atoms with van der Waals surface area (Å²) in [5, 5.41) is 14.8. The fourth-order valence-electron chi connectivity index (χ4n) is 4.22. The Balaban J connectivity index is 1.44. The fourth-order valence-corrected chi connectivity index (χ4v) is 5.73. The topological polar surface area (TPSA) is 95.8 Å². The van der Waals surface area contributed by atoms with Gasteiger partial charge in [-0.2, -0.15) is 4.31 Å². The van der Waals surface area contributed by atoms with Crippen molar-refractivity contribution in [3.8, 4) is 0 Å². The van der Waals surface area contributed by atoms with E-state index in [1.807, 2.05) is 50.2 Å². The normalized spacial score (nSPS) is 14.6. The van der Waals surface area contributed by atoms with E-state index in [0.29, 0.717) is 43.3 Å². The van der Waals surface area contributed by atoms with Gasteiger partial charge in [-0.1, -0.05) is 36.4 Å². The van der Waals surface area contributed by atoms with Gasteiger partial charge in [-0.3, -0.25) is 10.1 Å². The minimum absolute atomic E-state index is 0.0257. The molecule has 0 bridgehead atoms. The first-order chi connectivity index (χ1) is 16.8. The smallest absolute Gasteiger partial charge is 0.292 e. The van der Waals surface area contributed by atoms with Crippen molar-refractivity contribution in [2.75, 3.05) is 42.9 Å². The summed E-state index contributed by atoms with van der Waals surface area (Å²) in [7, 11) is -3.57. The van der Waals surface area contributed by atoms with Crippen molar-refractivity contribution in [1.29, 1.82) is 0 Å². The van der Waals surface area contributed by atoms with Gasteiger partial charge in [0.25, 0.3) is 5.69 Å². The van der Waals surface area contributed by atoms with E-state index in [1.165, 1.54) is 10.4 Å². The lowest BCUT2D eigenvalue weighted by molar-refractivity contribution is -0.383. The molecule has 0 spiro atoms. The second kappa shape index (κ2) is 10.5. The molecular weight excluding hydrogens is 464 g/mol. The van der Waals surface area contributed by atoms with Crippen LogP contribution in [0.3, 0.4) is 0 Å². The molecule has 0 unspecified atom stereocenters. The summed E-state index contributed by atoms with van der Waals surface area (Å²) in [5.41, 5.74) is 4.48. The lowest BCUT2D eigenvalue weighted by Gasteiger charge is -2.35. The van der Waals surface area contributed by atoms with E-state index in [4.69, 9.17) is 0 Å². The van der Waals surface area contributed by atoms with E-state index < -0.39 is 10.0 Å². The Kier molecular flexibility index (Phi) is 7.37. The molecule has 9 heteroatoms. The average Bonchev–Trinajstić information content (AvgIpc) is 2.86. The molecule has 1 aliphatic rings. The number of nitrogens with one attached hydrogen (secondary N) is 1. The summed E-state index contributed by atoms with van der Waals surface area (Å²) in [5.74, 6) is 0. The summed E-state index contributed by atoms with van der Waals surface area (Å²) in [4.78, 5) is 13.6. The molecule has 35 heavy (non-hydrogen) atoms. The summed E-state index contributed by atoms with van der Waals surface area (Å²) in [6, 6.07) is 20.2. The molecule has 184 valence electrons. The molecule has 1 N–H and O–H groups in total. The Hall–Kier alpha value is -3.43. The van der Waals surface area contributed by atoms with Crippen molar-refractivity contribution in [3.63, 3.8) is 0 Å². The predicted molar refractivity (Wildman–Crippen MR) is 139 cm³/mol. The van der Waals surface area contributed by atoms with Crippen LogP contribution >= 0.6 is 0 Å². The number of nitrogens with zero attached hydrogens (tertiary/aromatic N) is 3. The lowest BCUT2D eigenvalue weighted by Crippen LogP contribution is -2.48.